The molecule has 0 bridgehead atoms. The summed E-state index contributed by atoms with van der Waals surface area (Å²) in [5.74, 6) is 0.907. The number of allylic oxidation sites excluding steroid dienone is 9. The number of rotatable bonds is 9. The predicted octanol–water partition coefficient (Wildman–Crippen LogP) is 17.7. The number of hydrogen-bond donors (Lipinski definition) is 0. The molecule has 0 nitrogen and oxygen atoms in total. The van der Waals surface area contributed by atoms with E-state index in [4.69, 9.17) is 0 Å². The summed E-state index contributed by atoms with van der Waals surface area (Å²) in [4.78, 5) is 1.52. The van der Waals surface area contributed by atoms with Gasteiger partial charge in [0.15, 0.2) is 0 Å². The lowest BCUT2D eigenvalue weighted by molar-refractivity contribution is 0.523. The molecular formula is C64H58S. The second-order valence-corrected chi connectivity index (χ2v) is 20.7. The maximum absolute atomic E-state index is 4.66. The van der Waals surface area contributed by atoms with Gasteiger partial charge in [-0.15, -0.1) is 11.3 Å². The molecule has 2 unspecified atom stereocenters. The third-order valence-corrected chi connectivity index (χ3v) is 16.3. The van der Waals surface area contributed by atoms with Gasteiger partial charge in [0.25, 0.3) is 0 Å². The Labute approximate surface area is 390 Å². The predicted molar refractivity (Wildman–Crippen MR) is 281 cm³/mol. The molecule has 0 spiro atoms. The Bertz CT molecular complexity index is 3170. The molecule has 1 aromatic heterocycles. The number of hydrogen-bond acceptors (Lipinski definition) is 1. The fraction of sp³-hybridized carbons (Fsp3) is 0.219. The fourth-order valence-corrected chi connectivity index (χ4v) is 12.7. The molecule has 0 N–H and O–H groups in total. The van der Waals surface area contributed by atoms with Gasteiger partial charge in [-0.3, -0.25) is 0 Å². The van der Waals surface area contributed by atoms with E-state index in [0.717, 1.165) is 32.1 Å². The van der Waals surface area contributed by atoms with Crippen molar-refractivity contribution < 1.29 is 0 Å². The molecule has 320 valence electrons. The van der Waals surface area contributed by atoms with Crippen LogP contribution in [0, 0.1) is 12.8 Å². The number of benzene rings is 6. The quantitative estimate of drug-likeness (QED) is 0.127. The van der Waals surface area contributed by atoms with Crippen LogP contribution >= 0.6 is 11.3 Å². The van der Waals surface area contributed by atoms with Gasteiger partial charge in [-0.1, -0.05) is 203 Å². The van der Waals surface area contributed by atoms with Crippen molar-refractivity contribution in [3.05, 3.63) is 236 Å². The van der Waals surface area contributed by atoms with E-state index in [9.17, 15) is 0 Å². The van der Waals surface area contributed by atoms with Gasteiger partial charge in [0, 0.05) is 26.3 Å². The largest absolute Gasteiger partial charge is 0.139 e. The monoisotopic (exact) mass is 858 g/mol. The van der Waals surface area contributed by atoms with Crippen LogP contribution in [0.15, 0.2) is 181 Å². The number of fused-ring (bicyclic) bond motifs is 6. The average Bonchev–Trinajstić information content (AvgIpc) is 3.83. The maximum Gasteiger partial charge on any atom is 0.0430 e. The average molecular weight is 859 g/mol. The van der Waals surface area contributed by atoms with Gasteiger partial charge < -0.3 is 0 Å². The van der Waals surface area contributed by atoms with Crippen LogP contribution in [0.25, 0.3) is 55.6 Å². The van der Waals surface area contributed by atoms with Crippen LogP contribution in [0.3, 0.4) is 0 Å². The van der Waals surface area contributed by atoms with Crippen molar-refractivity contribution in [1.82, 2.24) is 0 Å². The van der Waals surface area contributed by atoms with E-state index in [1.54, 1.807) is 0 Å². The molecule has 4 aliphatic carbocycles. The summed E-state index contributed by atoms with van der Waals surface area (Å²) in [5.41, 5.74) is 24.2. The minimum Gasteiger partial charge on any atom is -0.139 e. The van der Waals surface area contributed by atoms with E-state index in [2.05, 4.69) is 204 Å². The fourth-order valence-electron chi connectivity index (χ4n) is 11.3. The van der Waals surface area contributed by atoms with E-state index >= 15 is 0 Å². The third kappa shape index (κ3) is 7.68. The highest BCUT2D eigenvalue weighted by Gasteiger charge is 2.35. The van der Waals surface area contributed by atoms with Gasteiger partial charge in [0.05, 0.1) is 0 Å². The van der Waals surface area contributed by atoms with Crippen LogP contribution in [0.1, 0.15) is 114 Å². The van der Waals surface area contributed by atoms with E-state index in [1.165, 1.54) is 128 Å². The maximum atomic E-state index is 4.66. The molecule has 0 saturated heterocycles. The molecule has 0 aliphatic heterocycles. The second-order valence-electron chi connectivity index (χ2n) is 19.6. The normalized spacial score (nSPS) is 18.6. The molecule has 0 amide bonds. The molecule has 65 heavy (non-hydrogen) atoms. The second kappa shape index (κ2) is 16.9. The van der Waals surface area contributed by atoms with Gasteiger partial charge in [-0.05, 0) is 152 Å². The Morgan fingerprint density at radius 2 is 1.49 bits per heavy atom. The lowest BCUT2D eigenvalue weighted by atomic mass is 9.74. The van der Waals surface area contributed by atoms with Gasteiger partial charge in [-0.25, -0.2) is 0 Å². The summed E-state index contributed by atoms with van der Waals surface area (Å²) >= 11 is 1.98. The molecule has 1 heterocycles. The zero-order valence-electron chi connectivity index (χ0n) is 38.4. The summed E-state index contributed by atoms with van der Waals surface area (Å²) in [7, 11) is 0. The standard InChI is InChI=1S/C64H58S/c1-41-14-12-15-49(36-41)43(3)52-16-6-7-17-54(52)59-40-50(28-24-42(59)2)46-29-25-44(26-30-46)37-51(38-45-27-35-56-55-18-8-10-22-60(55)64(4,5)61(56)39-45)47-31-33-48(34-32-47)53-20-13-21-58-57-19-9-11-23-62(57)65-63(53)58/h7-10,12-15,17-22,25-27,29-36,38-40,42,50H,3,6,11,16,23-24,28,37H2,1-2,4-5H3/b51-38-. The van der Waals surface area contributed by atoms with Crippen molar-refractivity contribution in [2.45, 2.75) is 84.0 Å². The summed E-state index contributed by atoms with van der Waals surface area (Å²) in [6.07, 6.45) is 22.1. The third-order valence-electron chi connectivity index (χ3n) is 15.0. The van der Waals surface area contributed by atoms with Crippen molar-refractivity contribution in [3.8, 4) is 22.3 Å². The Hall–Kier alpha value is -6.28. The van der Waals surface area contributed by atoms with Crippen LogP contribution in [-0.2, 0) is 18.3 Å². The highest BCUT2D eigenvalue weighted by atomic mass is 32.1. The van der Waals surface area contributed by atoms with Crippen LogP contribution in [-0.4, -0.2) is 0 Å². The van der Waals surface area contributed by atoms with Crippen LogP contribution in [0.4, 0.5) is 0 Å². The molecule has 6 aromatic carbocycles. The Kier molecular flexibility index (Phi) is 10.8. The van der Waals surface area contributed by atoms with Crippen molar-refractivity contribution in [2.75, 3.05) is 0 Å². The highest BCUT2D eigenvalue weighted by Crippen LogP contribution is 2.49. The minimum absolute atomic E-state index is 0.0448. The molecule has 7 aromatic rings. The van der Waals surface area contributed by atoms with E-state index < -0.39 is 0 Å². The summed E-state index contributed by atoms with van der Waals surface area (Å²) in [6.45, 7) is 14.0. The van der Waals surface area contributed by atoms with Gasteiger partial charge >= 0.3 is 0 Å². The number of thiophene rings is 1. The van der Waals surface area contributed by atoms with Gasteiger partial charge in [0.1, 0.15) is 0 Å². The first kappa shape index (κ1) is 41.4. The molecule has 0 fully saturated rings. The van der Waals surface area contributed by atoms with Crippen LogP contribution in [0.5, 0.6) is 0 Å². The Balaban J connectivity index is 0.921. The lowest BCUT2D eigenvalue weighted by Gasteiger charge is -2.30. The van der Waals surface area contributed by atoms with Crippen molar-refractivity contribution in [3.63, 3.8) is 0 Å². The topological polar surface area (TPSA) is 0 Å². The lowest BCUT2D eigenvalue weighted by Crippen LogP contribution is -2.14. The molecule has 1 heteroatoms. The van der Waals surface area contributed by atoms with E-state index in [-0.39, 0.29) is 5.41 Å². The molecule has 0 saturated carbocycles. The summed E-state index contributed by atoms with van der Waals surface area (Å²) in [6, 6.07) is 50.8. The van der Waals surface area contributed by atoms with Crippen LogP contribution in [0.2, 0.25) is 0 Å². The smallest absolute Gasteiger partial charge is 0.0430 e. The summed E-state index contributed by atoms with van der Waals surface area (Å²) < 4.78 is 1.41. The zero-order valence-corrected chi connectivity index (χ0v) is 39.2. The zero-order chi connectivity index (χ0) is 44.2. The van der Waals surface area contributed by atoms with E-state index in [1.807, 2.05) is 11.3 Å². The van der Waals surface area contributed by atoms with E-state index in [0.29, 0.717) is 11.8 Å². The number of aryl methyl sites for hydroxylation is 2. The SMILES string of the molecule is C=C(C1=C(C2=CC(c3ccc(C/C(=C/c4ccc5c(c4)C(C)(C)c4ccccc4-5)c4ccc(-c5cccc6c7c(sc56)CCC=C7)cc4)cc3)CCC2C)C=CCC1)c1cccc(C)c1. The van der Waals surface area contributed by atoms with Crippen LogP contribution < -0.4 is 0 Å². The molecule has 4 aliphatic rings. The first-order valence-electron chi connectivity index (χ1n) is 23.9. The molecular weight excluding hydrogens is 801 g/mol. The van der Waals surface area contributed by atoms with Crippen molar-refractivity contribution in [2.24, 2.45) is 5.92 Å². The molecule has 0 radical (unpaired) electrons. The van der Waals surface area contributed by atoms with Gasteiger partial charge in [0.2, 0.25) is 0 Å². The van der Waals surface area contributed by atoms with Crippen molar-refractivity contribution in [1.29, 1.82) is 0 Å². The Morgan fingerprint density at radius 3 is 2.34 bits per heavy atom. The Morgan fingerprint density at radius 1 is 0.723 bits per heavy atom. The molecule has 2 atom stereocenters. The minimum atomic E-state index is -0.0448. The first-order chi connectivity index (χ1) is 31.7. The van der Waals surface area contributed by atoms with Crippen molar-refractivity contribution >= 4 is 44.7 Å². The first-order valence-corrected chi connectivity index (χ1v) is 24.7. The van der Waals surface area contributed by atoms with Gasteiger partial charge in [-0.2, -0.15) is 0 Å². The highest BCUT2D eigenvalue weighted by molar-refractivity contribution is 7.20. The summed E-state index contributed by atoms with van der Waals surface area (Å²) in [5, 5.41) is 1.39. The molecule has 11 rings (SSSR count).